The van der Waals surface area contributed by atoms with Crippen LogP contribution in [0.15, 0.2) is 60.2 Å². The van der Waals surface area contributed by atoms with E-state index in [-0.39, 0.29) is 30.6 Å². The van der Waals surface area contributed by atoms with Gasteiger partial charge >= 0.3 is 0 Å². The molecule has 2 aromatic heterocycles. The average molecular weight is 353 g/mol. The summed E-state index contributed by atoms with van der Waals surface area (Å²) in [6, 6.07) is 13.0. The van der Waals surface area contributed by atoms with Crippen molar-refractivity contribution in [1.29, 1.82) is 0 Å². The molecular weight excluding hydrogens is 334 g/mol. The van der Waals surface area contributed by atoms with Crippen LogP contribution in [0.5, 0.6) is 0 Å². The number of amides is 1. The molecule has 2 heterocycles. The van der Waals surface area contributed by atoms with Gasteiger partial charge in [-0.3, -0.25) is 9.59 Å². The topological polar surface area (TPSA) is 64.0 Å². The summed E-state index contributed by atoms with van der Waals surface area (Å²) in [4.78, 5) is 29.5. The third kappa shape index (κ3) is 4.22. The van der Waals surface area contributed by atoms with Crippen LogP contribution in [-0.2, 0) is 11.8 Å². The van der Waals surface area contributed by atoms with E-state index >= 15 is 0 Å². The van der Waals surface area contributed by atoms with Gasteiger partial charge in [0.05, 0.1) is 4.88 Å². The number of ketones is 1. The third-order valence-corrected chi connectivity index (χ3v) is 4.84. The lowest BCUT2D eigenvalue weighted by Gasteiger charge is -2.19. The van der Waals surface area contributed by atoms with Crippen molar-refractivity contribution < 1.29 is 9.59 Å². The molecule has 0 radical (unpaired) electrons. The van der Waals surface area contributed by atoms with E-state index in [9.17, 15) is 9.59 Å². The number of Topliss-reactive ketones (excluding diaryl/α,β-unsaturated/α-hetero) is 1. The maximum Gasteiger partial charge on any atom is 0.221 e. The second kappa shape index (κ2) is 7.90. The summed E-state index contributed by atoms with van der Waals surface area (Å²) in [5.74, 6) is 0.587. The van der Waals surface area contributed by atoms with Gasteiger partial charge in [0, 0.05) is 32.3 Å². The Morgan fingerprint density at radius 1 is 1.16 bits per heavy atom. The summed E-state index contributed by atoms with van der Waals surface area (Å²) in [7, 11) is 1.89. The number of imidazole rings is 1. The van der Waals surface area contributed by atoms with Crippen LogP contribution in [-0.4, -0.2) is 21.2 Å². The number of carbonyl (C=O) groups excluding carboxylic acids is 2. The predicted molar refractivity (Wildman–Crippen MR) is 97.5 cm³/mol. The lowest BCUT2D eigenvalue weighted by Crippen LogP contribution is -2.31. The summed E-state index contributed by atoms with van der Waals surface area (Å²) >= 11 is 1.40. The Hall–Kier alpha value is -2.73. The van der Waals surface area contributed by atoms with Crippen LogP contribution in [0.3, 0.4) is 0 Å². The van der Waals surface area contributed by atoms with E-state index in [1.165, 1.54) is 11.3 Å². The lowest BCUT2D eigenvalue weighted by molar-refractivity contribution is -0.121. The van der Waals surface area contributed by atoms with Gasteiger partial charge in [-0.2, -0.15) is 0 Å². The van der Waals surface area contributed by atoms with Gasteiger partial charge in [-0.05, 0) is 17.0 Å². The van der Waals surface area contributed by atoms with Gasteiger partial charge in [-0.25, -0.2) is 4.98 Å². The second-order valence-electron chi connectivity index (χ2n) is 5.71. The van der Waals surface area contributed by atoms with Gasteiger partial charge in [0.25, 0.3) is 0 Å². The van der Waals surface area contributed by atoms with Crippen LogP contribution in [0.1, 0.15) is 39.9 Å². The first-order valence-electron chi connectivity index (χ1n) is 8.03. The maximum atomic E-state index is 12.4. The predicted octanol–water partition coefficient (Wildman–Crippen LogP) is 3.35. The number of hydrogen-bond donors (Lipinski definition) is 1. The van der Waals surface area contributed by atoms with Crippen molar-refractivity contribution in [2.75, 3.05) is 0 Å². The molecule has 0 spiro atoms. The SMILES string of the molecule is Cn1ccnc1[C@H](NC(=O)CCC(=O)c1cccs1)c1ccccc1. The first-order valence-corrected chi connectivity index (χ1v) is 8.91. The number of benzene rings is 1. The Balaban J connectivity index is 1.69. The van der Waals surface area contributed by atoms with E-state index in [0.717, 1.165) is 11.4 Å². The maximum absolute atomic E-state index is 12.4. The number of thiophene rings is 1. The summed E-state index contributed by atoms with van der Waals surface area (Å²) in [5.41, 5.74) is 0.953. The lowest BCUT2D eigenvalue weighted by atomic mass is 10.1. The number of aromatic nitrogens is 2. The summed E-state index contributed by atoms with van der Waals surface area (Å²) in [6.45, 7) is 0. The first kappa shape index (κ1) is 17.1. The van der Waals surface area contributed by atoms with Crippen molar-refractivity contribution >= 4 is 23.0 Å². The molecule has 0 unspecified atom stereocenters. The Bertz CT molecular complexity index is 841. The van der Waals surface area contributed by atoms with Gasteiger partial charge in [-0.15, -0.1) is 11.3 Å². The van der Waals surface area contributed by atoms with Crippen molar-refractivity contribution in [3.05, 3.63) is 76.5 Å². The van der Waals surface area contributed by atoms with Crippen LogP contribution in [0, 0.1) is 0 Å². The average Bonchev–Trinajstić information content (AvgIpc) is 3.30. The fourth-order valence-electron chi connectivity index (χ4n) is 2.62. The van der Waals surface area contributed by atoms with Crippen LogP contribution < -0.4 is 5.32 Å². The summed E-state index contributed by atoms with van der Waals surface area (Å²) in [6.07, 6.45) is 3.91. The molecule has 0 aliphatic carbocycles. The number of nitrogens with one attached hydrogen (secondary N) is 1. The highest BCUT2D eigenvalue weighted by Gasteiger charge is 2.21. The van der Waals surface area contributed by atoms with E-state index in [2.05, 4.69) is 10.3 Å². The molecule has 6 heteroatoms. The summed E-state index contributed by atoms with van der Waals surface area (Å²) < 4.78 is 1.88. The fourth-order valence-corrected chi connectivity index (χ4v) is 3.31. The zero-order chi connectivity index (χ0) is 17.6. The highest BCUT2D eigenvalue weighted by atomic mass is 32.1. The molecule has 0 bridgehead atoms. The minimum absolute atomic E-state index is 0.00148. The molecule has 0 aliphatic heterocycles. The minimum Gasteiger partial charge on any atom is -0.342 e. The molecule has 5 nitrogen and oxygen atoms in total. The van der Waals surface area contributed by atoms with Crippen molar-refractivity contribution in [3.8, 4) is 0 Å². The van der Waals surface area contributed by atoms with E-state index in [1.54, 1.807) is 12.3 Å². The largest absolute Gasteiger partial charge is 0.342 e. The normalized spacial score (nSPS) is 11.9. The quantitative estimate of drug-likeness (QED) is 0.663. The highest BCUT2D eigenvalue weighted by Crippen LogP contribution is 2.20. The van der Waals surface area contributed by atoms with Crippen molar-refractivity contribution in [2.24, 2.45) is 7.05 Å². The van der Waals surface area contributed by atoms with Crippen molar-refractivity contribution in [1.82, 2.24) is 14.9 Å². The molecule has 0 aliphatic rings. The standard InChI is InChI=1S/C19H19N3O2S/c1-22-12-11-20-19(22)18(14-6-3-2-4-7-14)21-17(24)10-9-15(23)16-8-5-13-25-16/h2-8,11-13,18H,9-10H2,1H3,(H,21,24)/t18-/m1/s1. The second-order valence-corrected chi connectivity index (χ2v) is 6.66. The molecule has 128 valence electrons. The van der Waals surface area contributed by atoms with E-state index in [1.807, 2.05) is 59.6 Å². The molecule has 1 amide bonds. The molecule has 1 N–H and O–H groups in total. The Morgan fingerprint density at radius 3 is 2.60 bits per heavy atom. The zero-order valence-electron chi connectivity index (χ0n) is 13.9. The number of carbonyl (C=O) groups is 2. The van der Waals surface area contributed by atoms with Crippen LogP contribution in [0.2, 0.25) is 0 Å². The van der Waals surface area contributed by atoms with E-state index < -0.39 is 0 Å². The van der Waals surface area contributed by atoms with Gasteiger partial charge in [0.15, 0.2) is 5.78 Å². The van der Waals surface area contributed by atoms with Crippen LogP contribution in [0.4, 0.5) is 0 Å². The van der Waals surface area contributed by atoms with Crippen LogP contribution in [0.25, 0.3) is 0 Å². The smallest absolute Gasteiger partial charge is 0.221 e. The van der Waals surface area contributed by atoms with E-state index in [4.69, 9.17) is 0 Å². The highest BCUT2D eigenvalue weighted by molar-refractivity contribution is 7.12. The summed E-state index contributed by atoms with van der Waals surface area (Å²) in [5, 5.41) is 4.87. The van der Waals surface area contributed by atoms with Crippen molar-refractivity contribution in [3.63, 3.8) is 0 Å². The Kier molecular flexibility index (Phi) is 5.40. The van der Waals surface area contributed by atoms with Gasteiger partial charge in [-0.1, -0.05) is 36.4 Å². The third-order valence-electron chi connectivity index (χ3n) is 3.93. The number of aryl methyl sites for hydroxylation is 1. The monoisotopic (exact) mass is 353 g/mol. The molecule has 0 saturated carbocycles. The Morgan fingerprint density at radius 2 is 1.96 bits per heavy atom. The first-order chi connectivity index (χ1) is 12.1. The molecule has 3 rings (SSSR count). The minimum atomic E-state index is -0.342. The molecule has 1 aromatic carbocycles. The van der Waals surface area contributed by atoms with Crippen molar-refractivity contribution in [2.45, 2.75) is 18.9 Å². The fraction of sp³-hybridized carbons (Fsp3) is 0.211. The zero-order valence-corrected chi connectivity index (χ0v) is 14.7. The van der Waals surface area contributed by atoms with Gasteiger partial charge in [0.1, 0.15) is 11.9 Å². The number of nitrogens with zero attached hydrogens (tertiary/aromatic N) is 2. The number of hydrogen-bond acceptors (Lipinski definition) is 4. The molecule has 1 atom stereocenters. The van der Waals surface area contributed by atoms with Gasteiger partial charge in [0.2, 0.25) is 5.91 Å². The molecule has 25 heavy (non-hydrogen) atoms. The number of rotatable bonds is 7. The van der Waals surface area contributed by atoms with E-state index in [0.29, 0.717) is 4.88 Å². The van der Waals surface area contributed by atoms with Gasteiger partial charge < -0.3 is 9.88 Å². The molecular formula is C19H19N3O2S. The molecule has 0 fully saturated rings. The molecule has 0 saturated heterocycles. The van der Waals surface area contributed by atoms with Crippen LogP contribution >= 0.6 is 11.3 Å². The molecule has 3 aromatic rings. The Labute approximate surface area is 150 Å².